The molecule has 0 aliphatic carbocycles. The van der Waals surface area contributed by atoms with Gasteiger partial charge in [-0.3, -0.25) is 0 Å². The third-order valence-corrected chi connectivity index (χ3v) is 3.00. The molecule has 1 rings (SSSR count). The lowest BCUT2D eigenvalue weighted by Gasteiger charge is -2.28. The third-order valence-electron chi connectivity index (χ3n) is 3.00. The maximum atomic E-state index is 13.3. The van der Waals surface area contributed by atoms with Crippen molar-refractivity contribution in [2.45, 2.75) is 58.8 Å². The first-order valence-electron chi connectivity index (χ1n) is 7.51. The van der Waals surface area contributed by atoms with Gasteiger partial charge in [0.2, 0.25) is 0 Å². The van der Waals surface area contributed by atoms with Gasteiger partial charge in [-0.25, -0.2) is 9.18 Å². The highest BCUT2D eigenvalue weighted by Crippen LogP contribution is 2.23. The molecule has 2 atom stereocenters. The summed E-state index contributed by atoms with van der Waals surface area (Å²) >= 11 is 0. The fourth-order valence-corrected chi connectivity index (χ4v) is 2.16. The quantitative estimate of drug-likeness (QED) is 0.869. The van der Waals surface area contributed by atoms with Crippen molar-refractivity contribution in [3.63, 3.8) is 0 Å². The van der Waals surface area contributed by atoms with Crippen molar-refractivity contribution in [3.8, 4) is 0 Å². The normalized spacial score (nSPS) is 14.5. The van der Waals surface area contributed by atoms with E-state index in [1.54, 1.807) is 26.8 Å². The van der Waals surface area contributed by atoms with Crippen molar-refractivity contribution < 1.29 is 19.0 Å². The fraction of sp³-hybridized carbons (Fsp3) is 0.588. The maximum Gasteiger partial charge on any atom is 0.407 e. The molecule has 124 valence electrons. The number of hydrogen-bond donors (Lipinski definition) is 2. The molecule has 0 saturated carbocycles. The molecule has 1 unspecified atom stereocenters. The molecule has 2 N–H and O–H groups in total. The molecule has 22 heavy (non-hydrogen) atoms. The van der Waals surface area contributed by atoms with Crippen LogP contribution in [0.3, 0.4) is 0 Å². The van der Waals surface area contributed by atoms with Gasteiger partial charge in [0.1, 0.15) is 11.4 Å². The molecule has 1 amide bonds. The number of benzene rings is 1. The van der Waals surface area contributed by atoms with Gasteiger partial charge in [0.05, 0.1) is 12.1 Å². The van der Waals surface area contributed by atoms with E-state index in [9.17, 15) is 14.3 Å². The maximum absolute atomic E-state index is 13.3. The van der Waals surface area contributed by atoms with Gasteiger partial charge in [-0.1, -0.05) is 26.0 Å². The molecule has 0 aliphatic rings. The first-order chi connectivity index (χ1) is 10.1. The highest BCUT2D eigenvalue weighted by atomic mass is 19.1. The lowest BCUT2D eigenvalue weighted by Crippen LogP contribution is -2.43. The predicted molar refractivity (Wildman–Crippen MR) is 84.0 cm³/mol. The molecular weight excluding hydrogens is 285 g/mol. The number of carbonyl (C=O) groups excluding carboxylic acids is 1. The molecule has 0 saturated heterocycles. The van der Waals surface area contributed by atoms with Crippen molar-refractivity contribution in [3.05, 3.63) is 35.6 Å². The average Bonchev–Trinajstić information content (AvgIpc) is 2.34. The molecular formula is C17H26FNO3. The van der Waals surface area contributed by atoms with Gasteiger partial charge < -0.3 is 15.2 Å². The minimum Gasteiger partial charge on any atom is -0.444 e. The second-order valence-electron chi connectivity index (χ2n) is 6.88. The van der Waals surface area contributed by atoms with E-state index in [-0.39, 0.29) is 5.92 Å². The van der Waals surface area contributed by atoms with Crippen LogP contribution in [0.15, 0.2) is 24.3 Å². The molecule has 0 heterocycles. The number of rotatable bonds is 5. The standard InChI is InChI=1S/C17H26FNO3/c1-11(2)9-14(19-16(21)22-17(3,4)5)15(20)12-7-6-8-13(18)10-12/h6-8,10-11,14-15,20H,9H2,1-5H3,(H,19,21)/t14?,15-/m0/s1. The van der Waals surface area contributed by atoms with E-state index in [4.69, 9.17) is 4.74 Å². The van der Waals surface area contributed by atoms with Crippen molar-refractivity contribution in [2.24, 2.45) is 5.92 Å². The van der Waals surface area contributed by atoms with Crippen LogP contribution in [0.4, 0.5) is 9.18 Å². The van der Waals surface area contributed by atoms with E-state index in [2.05, 4.69) is 5.32 Å². The molecule has 1 aromatic carbocycles. The summed E-state index contributed by atoms with van der Waals surface area (Å²) in [5, 5.41) is 13.2. The first kappa shape index (κ1) is 18.4. The highest BCUT2D eigenvalue weighted by molar-refractivity contribution is 5.68. The highest BCUT2D eigenvalue weighted by Gasteiger charge is 2.26. The summed E-state index contributed by atoms with van der Waals surface area (Å²) in [4.78, 5) is 11.9. The molecule has 0 spiro atoms. The second kappa shape index (κ2) is 7.58. The number of aliphatic hydroxyl groups excluding tert-OH is 1. The Morgan fingerprint density at radius 1 is 1.36 bits per heavy atom. The van der Waals surface area contributed by atoms with Crippen LogP contribution in [-0.2, 0) is 4.74 Å². The number of alkyl carbamates (subject to hydrolysis) is 1. The number of hydrogen-bond acceptors (Lipinski definition) is 3. The van der Waals surface area contributed by atoms with E-state index in [1.165, 1.54) is 18.2 Å². The fourth-order valence-electron chi connectivity index (χ4n) is 2.16. The summed E-state index contributed by atoms with van der Waals surface area (Å²) in [5.74, 6) is -0.166. The molecule has 1 aromatic rings. The molecule has 4 nitrogen and oxygen atoms in total. The van der Waals surface area contributed by atoms with Gasteiger partial charge in [0, 0.05) is 0 Å². The number of carbonyl (C=O) groups is 1. The van der Waals surface area contributed by atoms with Crippen LogP contribution >= 0.6 is 0 Å². The summed E-state index contributed by atoms with van der Waals surface area (Å²) < 4.78 is 18.5. The molecule has 5 heteroatoms. The van der Waals surface area contributed by atoms with E-state index in [0.717, 1.165) is 0 Å². The molecule has 0 fully saturated rings. The zero-order valence-corrected chi connectivity index (χ0v) is 13.9. The topological polar surface area (TPSA) is 58.6 Å². The Morgan fingerprint density at radius 2 is 2.00 bits per heavy atom. The Hall–Kier alpha value is -1.62. The van der Waals surface area contributed by atoms with Gasteiger partial charge in [-0.2, -0.15) is 0 Å². The minimum atomic E-state index is -0.995. The Bertz CT molecular complexity index is 497. The second-order valence-corrected chi connectivity index (χ2v) is 6.88. The molecule has 0 aromatic heterocycles. The van der Waals surface area contributed by atoms with Gasteiger partial charge in [0.25, 0.3) is 0 Å². The number of ether oxygens (including phenoxy) is 1. The summed E-state index contributed by atoms with van der Waals surface area (Å²) in [6, 6.07) is 5.21. The van der Waals surface area contributed by atoms with E-state index in [1.807, 2.05) is 13.8 Å². The zero-order valence-electron chi connectivity index (χ0n) is 13.9. The van der Waals surface area contributed by atoms with Gasteiger partial charge in [0.15, 0.2) is 0 Å². The van der Waals surface area contributed by atoms with Gasteiger partial charge >= 0.3 is 6.09 Å². The summed E-state index contributed by atoms with van der Waals surface area (Å²) in [6.07, 6.45) is -1.03. The third kappa shape index (κ3) is 6.43. The Labute approximate surface area is 131 Å². The van der Waals surface area contributed by atoms with Crippen LogP contribution in [0.25, 0.3) is 0 Å². The van der Waals surface area contributed by atoms with E-state index in [0.29, 0.717) is 12.0 Å². The molecule has 0 radical (unpaired) electrons. The Balaban J connectivity index is 2.85. The zero-order chi connectivity index (χ0) is 16.9. The van der Waals surface area contributed by atoms with Crippen LogP contribution in [0.1, 0.15) is 52.7 Å². The van der Waals surface area contributed by atoms with Crippen molar-refractivity contribution in [1.29, 1.82) is 0 Å². The number of halogens is 1. The van der Waals surface area contributed by atoms with E-state index >= 15 is 0 Å². The number of amides is 1. The van der Waals surface area contributed by atoms with Crippen molar-refractivity contribution in [2.75, 3.05) is 0 Å². The van der Waals surface area contributed by atoms with Crippen LogP contribution in [0.2, 0.25) is 0 Å². The van der Waals surface area contributed by atoms with Crippen LogP contribution in [0.5, 0.6) is 0 Å². The summed E-state index contributed by atoms with van der Waals surface area (Å²) in [5.41, 5.74) is -0.183. The van der Waals surface area contributed by atoms with Crippen molar-refractivity contribution in [1.82, 2.24) is 5.32 Å². The summed E-state index contributed by atoms with van der Waals surface area (Å²) in [6.45, 7) is 9.29. The smallest absolute Gasteiger partial charge is 0.407 e. The average molecular weight is 311 g/mol. The largest absolute Gasteiger partial charge is 0.444 e. The SMILES string of the molecule is CC(C)CC(NC(=O)OC(C)(C)C)[C@@H](O)c1cccc(F)c1. The lowest BCUT2D eigenvalue weighted by molar-refractivity contribution is 0.0402. The molecule has 0 aliphatic heterocycles. The number of aliphatic hydroxyl groups is 1. The summed E-state index contributed by atoms with van der Waals surface area (Å²) in [7, 11) is 0. The first-order valence-corrected chi connectivity index (χ1v) is 7.51. The van der Waals surface area contributed by atoms with Crippen LogP contribution < -0.4 is 5.32 Å². The van der Waals surface area contributed by atoms with Crippen LogP contribution in [0, 0.1) is 11.7 Å². The monoisotopic (exact) mass is 311 g/mol. The minimum absolute atomic E-state index is 0.253. The Morgan fingerprint density at radius 3 is 2.50 bits per heavy atom. The van der Waals surface area contributed by atoms with E-state index < -0.39 is 29.7 Å². The van der Waals surface area contributed by atoms with Crippen molar-refractivity contribution >= 4 is 6.09 Å². The number of nitrogens with one attached hydrogen (secondary N) is 1. The predicted octanol–water partition coefficient (Wildman–Crippen LogP) is 3.80. The van der Waals surface area contributed by atoms with Crippen LogP contribution in [-0.4, -0.2) is 22.8 Å². The Kier molecular flexibility index (Phi) is 6.35. The lowest BCUT2D eigenvalue weighted by atomic mass is 9.94. The van der Waals surface area contributed by atoms with Gasteiger partial charge in [-0.15, -0.1) is 0 Å². The van der Waals surface area contributed by atoms with Gasteiger partial charge in [-0.05, 0) is 50.8 Å². The molecule has 0 bridgehead atoms.